The Morgan fingerprint density at radius 1 is 1.25 bits per heavy atom. The summed E-state index contributed by atoms with van der Waals surface area (Å²) in [7, 11) is 0. The highest BCUT2D eigenvalue weighted by Crippen LogP contribution is 2.31. The summed E-state index contributed by atoms with van der Waals surface area (Å²) in [6, 6.07) is 0.608. The van der Waals surface area contributed by atoms with E-state index in [-0.39, 0.29) is 5.79 Å². The van der Waals surface area contributed by atoms with Crippen molar-refractivity contribution in [2.24, 2.45) is 0 Å². The maximum Gasteiger partial charge on any atom is 0.182 e. The Hall–Kier alpha value is -0.120. The number of nitrogens with zero attached hydrogens (tertiary/aromatic N) is 1. The van der Waals surface area contributed by atoms with Crippen LogP contribution in [0.1, 0.15) is 20.3 Å². The number of hydrogen-bond acceptors (Lipinski definition) is 3. The van der Waals surface area contributed by atoms with E-state index in [1.165, 1.54) is 0 Å². The summed E-state index contributed by atoms with van der Waals surface area (Å²) in [5.41, 5.74) is 0. The molecule has 0 unspecified atom stereocenters. The minimum atomic E-state index is -0.232. The van der Waals surface area contributed by atoms with Crippen molar-refractivity contribution in [1.82, 2.24) is 4.90 Å². The summed E-state index contributed by atoms with van der Waals surface area (Å²) in [6.45, 7) is 8.03. The third kappa shape index (κ3) is 1.37. The van der Waals surface area contributed by atoms with Gasteiger partial charge in [0.2, 0.25) is 0 Å². The number of ether oxygens (including phenoxy) is 2. The van der Waals surface area contributed by atoms with Crippen LogP contribution in [0.15, 0.2) is 0 Å². The predicted molar refractivity (Wildman–Crippen MR) is 46.0 cm³/mol. The molecular weight excluding hydrogens is 154 g/mol. The van der Waals surface area contributed by atoms with Crippen molar-refractivity contribution in [3.63, 3.8) is 0 Å². The molecule has 0 aromatic rings. The average molecular weight is 171 g/mol. The molecule has 2 aliphatic heterocycles. The lowest BCUT2D eigenvalue weighted by molar-refractivity contribution is -0.146. The van der Waals surface area contributed by atoms with E-state index in [2.05, 4.69) is 18.7 Å². The van der Waals surface area contributed by atoms with Crippen LogP contribution in [0.3, 0.4) is 0 Å². The first-order valence-corrected chi connectivity index (χ1v) is 4.74. The third-order valence-electron chi connectivity index (χ3n) is 2.77. The molecule has 0 radical (unpaired) electrons. The smallest absolute Gasteiger partial charge is 0.182 e. The molecule has 3 nitrogen and oxygen atoms in total. The lowest BCUT2D eigenvalue weighted by Gasteiger charge is -2.24. The lowest BCUT2D eigenvalue weighted by atomic mass is 10.2. The summed E-state index contributed by atoms with van der Waals surface area (Å²) in [5.74, 6) is -0.232. The second-order valence-electron chi connectivity index (χ2n) is 3.92. The lowest BCUT2D eigenvalue weighted by Crippen LogP contribution is -2.36. The van der Waals surface area contributed by atoms with Gasteiger partial charge in [-0.05, 0) is 13.8 Å². The average Bonchev–Trinajstić information content (AvgIpc) is 2.62. The van der Waals surface area contributed by atoms with E-state index in [4.69, 9.17) is 9.47 Å². The van der Waals surface area contributed by atoms with Gasteiger partial charge in [0.25, 0.3) is 0 Å². The van der Waals surface area contributed by atoms with E-state index in [9.17, 15) is 0 Å². The predicted octanol–water partition coefficient (Wildman–Crippen LogP) is 0.844. The number of likely N-dealkylation sites (tertiary alicyclic amines) is 1. The summed E-state index contributed by atoms with van der Waals surface area (Å²) in [4.78, 5) is 2.41. The number of rotatable bonds is 1. The molecule has 1 spiro atoms. The molecule has 12 heavy (non-hydrogen) atoms. The van der Waals surface area contributed by atoms with Crippen LogP contribution >= 0.6 is 0 Å². The Labute approximate surface area is 73.6 Å². The van der Waals surface area contributed by atoms with Crippen LogP contribution in [0.2, 0.25) is 0 Å². The molecule has 2 heterocycles. The maximum absolute atomic E-state index is 5.62. The topological polar surface area (TPSA) is 21.7 Å². The molecule has 0 N–H and O–H groups in total. The fraction of sp³-hybridized carbons (Fsp3) is 1.00. The largest absolute Gasteiger partial charge is 0.346 e. The fourth-order valence-electron chi connectivity index (χ4n) is 1.95. The molecule has 2 rings (SSSR count). The van der Waals surface area contributed by atoms with Crippen molar-refractivity contribution in [3.8, 4) is 0 Å². The van der Waals surface area contributed by atoms with Gasteiger partial charge in [0.1, 0.15) is 0 Å². The van der Waals surface area contributed by atoms with Gasteiger partial charge in [-0.1, -0.05) is 0 Å². The molecule has 0 atom stereocenters. The van der Waals surface area contributed by atoms with Crippen molar-refractivity contribution >= 4 is 0 Å². The van der Waals surface area contributed by atoms with Crippen LogP contribution in [0.4, 0.5) is 0 Å². The van der Waals surface area contributed by atoms with Gasteiger partial charge in [0.05, 0.1) is 19.8 Å². The molecule has 0 saturated carbocycles. The van der Waals surface area contributed by atoms with E-state index >= 15 is 0 Å². The highest BCUT2D eigenvalue weighted by Gasteiger charge is 2.43. The zero-order valence-electron chi connectivity index (χ0n) is 7.88. The van der Waals surface area contributed by atoms with E-state index in [0.29, 0.717) is 6.04 Å². The summed E-state index contributed by atoms with van der Waals surface area (Å²) in [5, 5.41) is 0. The molecule has 0 aliphatic carbocycles. The van der Waals surface area contributed by atoms with E-state index in [1.807, 2.05) is 0 Å². The molecule has 3 heteroatoms. The Balaban J connectivity index is 1.96. The van der Waals surface area contributed by atoms with E-state index < -0.39 is 0 Å². The van der Waals surface area contributed by atoms with Gasteiger partial charge in [-0.15, -0.1) is 0 Å². The van der Waals surface area contributed by atoms with Gasteiger partial charge in [0, 0.05) is 19.0 Å². The van der Waals surface area contributed by atoms with Crippen LogP contribution < -0.4 is 0 Å². The first-order chi connectivity index (χ1) is 5.72. The highest BCUT2D eigenvalue weighted by molar-refractivity contribution is 4.87. The van der Waals surface area contributed by atoms with Crippen LogP contribution in [-0.4, -0.2) is 43.0 Å². The minimum Gasteiger partial charge on any atom is -0.346 e. The van der Waals surface area contributed by atoms with E-state index in [0.717, 1.165) is 32.7 Å². The van der Waals surface area contributed by atoms with Crippen molar-refractivity contribution < 1.29 is 9.47 Å². The molecule has 2 saturated heterocycles. The standard InChI is InChI=1S/C9H17NO2/c1-8(2)10-4-3-9(7-10)11-5-6-12-9/h8H,3-7H2,1-2H3. The molecule has 0 amide bonds. The van der Waals surface area contributed by atoms with Gasteiger partial charge in [-0.2, -0.15) is 0 Å². The summed E-state index contributed by atoms with van der Waals surface area (Å²) >= 11 is 0. The molecule has 2 fully saturated rings. The zero-order chi connectivity index (χ0) is 8.60. The Morgan fingerprint density at radius 3 is 2.42 bits per heavy atom. The van der Waals surface area contributed by atoms with Crippen molar-refractivity contribution in [3.05, 3.63) is 0 Å². The van der Waals surface area contributed by atoms with Crippen LogP contribution in [0.25, 0.3) is 0 Å². The number of hydrogen-bond donors (Lipinski definition) is 0. The molecule has 2 aliphatic rings. The molecule has 70 valence electrons. The highest BCUT2D eigenvalue weighted by atomic mass is 16.7. The maximum atomic E-state index is 5.62. The summed E-state index contributed by atoms with van der Waals surface area (Å²) < 4.78 is 11.2. The second kappa shape index (κ2) is 2.98. The Kier molecular flexibility index (Phi) is 2.10. The van der Waals surface area contributed by atoms with Crippen LogP contribution in [-0.2, 0) is 9.47 Å². The third-order valence-corrected chi connectivity index (χ3v) is 2.77. The molecule has 0 aromatic heterocycles. The first-order valence-electron chi connectivity index (χ1n) is 4.74. The first kappa shape index (κ1) is 8.48. The molecule has 0 bridgehead atoms. The van der Waals surface area contributed by atoms with Gasteiger partial charge in [-0.3, -0.25) is 4.90 Å². The van der Waals surface area contributed by atoms with Gasteiger partial charge < -0.3 is 9.47 Å². The second-order valence-corrected chi connectivity index (χ2v) is 3.92. The Morgan fingerprint density at radius 2 is 1.92 bits per heavy atom. The van der Waals surface area contributed by atoms with Gasteiger partial charge >= 0.3 is 0 Å². The van der Waals surface area contributed by atoms with Crippen molar-refractivity contribution in [2.75, 3.05) is 26.3 Å². The SMILES string of the molecule is CC(C)N1CCC2(C1)OCCO2. The van der Waals surface area contributed by atoms with Gasteiger partial charge in [-0.25, -0.2) is 0 Å². The van der Waals surface area contributed by atoms with Crippen molar-refractivity contribution in [1.29, 1.82) is 0 Å². The Bertz CT molecular complexity index is 164. The van der Waals surface area contributed by atoms with E-state index in [1.54, 1.807) is 0 Å². The van der Waals surface area contributed by atoms with Gasteiger partial charge in [0.15, 0.2) is 5.79 Å². The molecular formula is C9H17NO2. The molecule has 0 aromatic carbocycles. The zero-order valence-corrected chi connectivity index (χ0v) is 7.88. The normalized spacial score (nSPS) is 29.2. The van der Waals surface area contributed by atoms with Crippen LogP contribution in [0, 0.1) is 0 Å². The van der Waals surface area contributed by atoms with Crippen LogP contribution in [0.5, 0.6) is 0 Å². The monoisotopic (exact) mass is 171 g/mol. The fourth-order valence-corrected chi connectivity index (χ4v) is 1.95. The quantitative estimate of drug-likeness (QED) is 0.583. The summed E-state index contributed by atoms with van der Waals surface area (Å²) in [6.07, 6.45) is 1.03. The van der Waals surface area contributed by atoms with Crippen molar-refractivity contribution in [2.45, 2.75) is 32.1 Å². The minimum absolute atomic E-state index is 0.232.